The van der Waals surface area contributed by atoms with Crippen LogP contribution in [0.3, 0.4) is 0 Å². The first-order valence-corrected chi connectivity index (χ1v) is 6.37. The van der Waals surface area contributed by atoms with Crippen molar-refractivity contribution in [3.63, 3.8) is 0 Å². The molecule has 0 atom stereocenters. The van der Waals surface area contributed by atoms with Gasteiger partial charge in [0.2, 0.25) is 0 Å². The van der Waals surface area contributed by atoms with E-state index in [4.69, 9.17) is 22.1 Å². The van der Waals surface area contributed by atoms with Crippen LogP contribution in [-0.2, 0) is 6.54 Å². The molecule has 0 aliphatic carbocycles. The predicted molar refractivity (Wildman–Crippen MR) is 81.0 cm³/mol. The van der Waals surface area contributed by atoms with Crippen LogP contribution >= 0.6 is 11.6 Å². The summed E-state index contributed by atoms with van der Waals surface area (Å²) in [7, 11) is 3.69. The van der Waals surface area contributed by atoms with E-state index in [-0.39, 0.29) is 0 Å². The molecule has 19 heavy (non-hydrogen) atoms. The van der Waals surface area contributed by atoms with Gasteiger partial charge in [-0.3, -0.25) is 0 Å². The predicted octanol–water partition coefficient (Wildman–Crippen LogP) is 3.57. The molecule has 0 amide bonds. The number of hydrogen-bond donors (Lipinski definition) is 1. The van der Waals surface area contributed by atoms with Crippen LogP contribution in [0.15, 0.2) is 42.5 Å². The van der Waals surface area contributed by atoms with Crippen LogP contribution in [0.25, 0.3) is 0 Å². The summed E-state index contributed by atoms with van der Waals surface area (Å²) in [5.41, 5.74) is 8.57. The quantitative estimate of drug-likeness (QED) is 0.868. The van der Waals surface area contributed by atoms with Crippen molar-refractivity contribution in [2.75, 3.05) is 24.8 Å². The summed E-state index contributed by atoms with van der Waals surface area (Å²) < 4.78 is 5.36. The standard InChI is InChI=1S/C15H17ClN2O/c1-18(14-5-3-4-6-15(14)19-2)10-11-7-8-12(16)13(17)9-11/h3-9H,10,17H2,1-2H3. The molecule has 0 aliphatic rings. The molecule has 0 saturated carbocycles. The average molecular weight is 277 g/mol. The van der Waals surface area contributed by atoms with Gasteiger partial charge in [-0.05, 0) is 29.8 Å². The number of benzene rings is 2. The molecule has 0 spiro atoms. The van der Waals surface area contributed by atoms with Gasteiger partial charge in [0.05, 0.1) is 23.5 Å². The van der Waals surface area contributed by atoms with E-state index in [1.807, 2.05) is 49.5 Å². The monoisotopic (exact) mass is 276 g/mol. The lowest BCUT2D eigenvalue weighted by atomic mass is 10.2. The van der Waals surface area contributed by atoms with Crippen molar-refractivity contribution < 1.29 is 4.74 Å². The SMILES string of the molecule is COc1ccccc1N(C)Cc1ccc(Cl)c(N)c1. The van der Waals surface area contributed by atoms with Crippen LogP contribution < -0.4 is 15.4 Å². The number of ether oxygens (including phenoxy) is 1. The topological polar surface area (TPSA) is 38.5 Å². The number of anilines is 2. The van der Waals surface area contributed by atoms with Crippen LogP contribution in [0.2, 0.25) is 5.02 Å². The molecule has 0 aliphatic heterocycles. The molecule has 0 heterocycles. The largest absolute Gasteiger partial charge is 0.495 e. The number of nitrogen functional groups attached to an aromatic ring is 1. The minimum atomic E-state index is 0.587. The van der Waals surface area contributed by atoms with E-state index in [9.17, 15) is 0 Å². The summed E-state index contributed by atoms with van der Waals surface area (Å²) in [5, 5.41) is 0.587. The van der Waals surface area contributed by atoms with Crippen LogP contribution in [0.1, 0.15) is 5.56 Å². The third-order valence-corrected chi connectivity index (χ3v) is 3.32. The second kappa shape index (κ2) is 5.85. The summed E-state index contributed by atoms with van der Waals surface area (Å²) >= 11 is 5.92. The van der Waals surface area contributed by atoms with Gasteiger partial charge >= 0.3 is 0 Å². The van der Waals surface area contributed by atoms with Gasteiger partial charge in [-0.1, -0.05) is 29.8 Å². The summed E-state index contributed by atoms with van der Waals surface area (Å²) in [6.07, 6.45) is 0. The molecule has 2 aromatic carbocycles. The molecule has 0 saturated heterocycles. The fourth-order valence-corrected chi connectivity index (χ4v) is 2.11. The third-order valence-electron chi connectivity index (χ3n) is 2.98. The van der Waals surface area contributed by atoms with Crippen LogP contribution in [0, 0.1) is 0 Å². The molecule has 2 aromatic rings. The Labute approximate surface area is 118 Å². The van der Waals surface area contributed by atoms with Crippen molar-refractivity contribution in [2.24, 2.45) is 0 Å². The maximum atomic E-state index is 5.92. The number of halogens is 1. The fourth-order valence-electron chi connectivity index (χ4n) is 2.00. The number of nitrogens with two attached hydrogens (primary N) is 1. The molecule has 3 nitrogen and oxygen atoms in total. The lowest BCUT2D eigenvalue weighted by Crippen LogP contribution is -2.17. The van der Waals surface area contributed by atoms with E-state index in [1.54, 1.807) is 7.11 Å². The molecule has 0 bridgehead atoms. The fraction of sp³-hybridized carbons (Fsp3) is 0.200. The Bertz CT molecular complexity index is 572. The van der Waals surface area contributed by atoms with Crippen LogP contribution in [0.4, 0.5) is 11.4 Å². The summed E-state index contributed by atoms with van der Waals surface area (Å²) in [4.78, 5) is 2.11. The summed E-state index contributed by atoms with van der Waals surface area (Å²) in [5.74, 6) is 0.854. The molecular weight excluding hydrogens is 260 g/mol. The van der Waals surface area contributed by atoms with E-state index >= 15 is 0 Å². The maximum absolute atomic E-state index is 5.92. The highest BCUT2D eigenvalue weighted by molar-refractivity contribution is 6.33. The number of para-hydroxylation sites is 2. The molecule has 100 valence electrons. The molecule has 0 unspecified atom stereocenters. The molecule has 4 heteroatoms. The van der Waals surface area contributed by atoms with Gasteiger partial charge < -0.3 is 15.4 Å². The molecule has 0 aromatic heterocycles. The van der Waals surface area contributed by atoms with Crippen molar-refractivity contribution in [2.45, 2.75) is 6.54 Å². The Morgan fingerprint density at radius 1 is 1.21 bits per heavy atom. The number of methoxy groups -OCH3 is 1. The Kier molecular flexibility index (Phi) is 4.17. The molecule has 0 fully saturated rings. The summed E-state index contributed by atoms with van der Waals surface area (Å²) in [6, 6.07) is 13.6. The minimum absolute atomic E-state index is 0.587. The highest BCUT2D eigenvalue weighted by atomic mass is 35.5. The number of rotatable bonds is 4. The second-order valence-corrected chi connectivity index (χ2v) is 4.79. The van der Waals surface area contributed by atoms with E-state index in [1.165, 1.54) is 0 Å². The molecule has 2 N–H and O–H groups in total. The normalized spacial score (nSPS) is 10.3. The molecule has 0 radical (unpaired) electrons. The van der Waals surface area contributed by atoms with Gasteiger partial charge in [-0.25, -0.2) is 0 Å². The maximum Gasteiger partial charge on any atom is 0.142 e. The zero-order valence-corrected chi connectivity index (χ0v) is 11.8. The average Bonchev–Trinajstić information content (AvgIpc) is 2.43. The van der Waals surface area contributed by atoms with E-state index in [0.29, 0.717) is 10.7 Å². The van der Waals surface area contributed by atoms with Crippen molar-refractivity contribution in [3.8, 4) is 5.75 Å². The number of nitrogens with zero attached hydrogens (tertiary/aromatic N) is 1. The van der Waals surface area contributed by atoms with E-state index < -0.39 is 0 Å². The summed E-state index contributed by atoms with van der Waals surface area (Å²) in [6.45, 7) is 0.738. The first-order chi connectivity index (χ1) is 9.11. The Balaban J connectivity index is 2.20. The van der Waals surface area contributed by atoms with Crippen molar-refractivity contribution in [1.29, 1.82) is 0 Å². The zero-order valence-electron chi connectivity index (χ0n) is 11.1. The second-order valence-electron chi connectivity index (χ2n) is 4.38. The van der Waals surface area contributed by atoms with E-state index in [0.717, 1.165) is 23.5 Å². The van der Waals surface area contributed by atoms with Gasteiger partial charge in [0.25, 0.3) is 0 Å². The third kappa shape index (κ3) is 3.12. The van der Waals surface area contributed by atoms with Gasteiger partial charge in [-0.2, -0.15) is 0 Å². The van der Waals surface area contributed by atoms with Crippen molar-refractivity contribution >= 4 is 23.0 Å². The zero-order chi connectivity index (χ0) is 13.8. The van der Waals surface area contributed by atoms with Gasteiger partial charge in [0.15, 0.2) is 0 Å². The molecular formula is C15H17ClN2O. The smallest absolute Gasteiger partial charge is 0.142 e. The van der Waals surface area contributed by atoms with Gasteiger partial charge in [-0.15, -0.1) is 0 Å². The molecule has 2 rings (SSSR count). The van der Waals surface area contributed by atoms with Gasteiger partial charge in [0.1, 0.15) is 5.75 Å². The Morgan fingerprint density at radius 2 is 1.95 bits per heavy atom. The first kappa shape index (κ1) is 13.6. The van der Waals surface area contributed by atoms with Crippen molar-refractivity contribution in [1.82, 2.24) is 0 Å². The first-order valence-electron chi connectivity index (χ1n) is 6.00. The Hall–Kier alpha value is -1.87. The van der Waals surface area contributed by atoms with Gasteiger partial charge in [0, 0.05) is 13.6 Å². The number of hydrogen-bond acceptors (Lipinski definition) is 3. The van der Waals surface area contributed by atoms with Crippen molar-refractivity contribution in [3.05, 3.63) is 53.1 Å². The lowest BCUT2D eigenvalue weighted by Gasteiger charge is -2.22. The van der Waals surface area contributed by atoms with Crippen LogP contribution in [0.5, 0.6) is 5.75 Å². The Morgan fingerprint density at radius 3 is 2.63 bits per heavy atom. The highest BCUT2D eigenvalue weighted by Crippen LogP contribution is 2.28. The lowest BCUT2D eigenvalue weighted by molar-refractivity contribution is 0.415. The minimum Gasteiger partial charge on any atom is -0.495 e. The van der Waals surface area contributed by atoms with Crippen LogP contribution in [-0.4, -0.2) is 14.2 Å². The van der Waals surface area contributed by atoms with E-state index in [2.05, 4.69) is 4.90 Å². The highest BCUT2D eigenvalue weighted by Gasteiger charge is 2.08.